The number of nitro benzene ring substituents is 2. The van der Waals surface area contributed by atoms with Crippen LogP contribution in [0.2, 0.25) is 0 Å². The first-order valence-electron chi connectivity index (χ1n) is 7.67. The van der Waals surface area contributed by atoms with Crippen molar-refractivity contribution < 1.29 is 23.0 Å². The first-order valence-corrected chi connectivity index (χ1v) is 7.67. The Labute approximate surface area is 140 Å². The summed E-state index contributed by atoms with van der Waals surface area (Å²) in [6.07, 6.45) is -3.44. The zero-order chi connectivity index (χ0) is 18.9. The van der Waals surface area contributed by atoms with Crippen molar-refractivity contribution in [2.24, 2.45) is 5.92 Å². The number of anilines is 2. The van der Waals surface area contributed by atoms with Crippen LogP contribution in [0.1, 0.15) is 37.3 Å². The second-order valence-corrected chi connectivity index (χ2v) is 5.93. The van der Waals surface area contributed by atoms with Crippen LogP contribution in [0.25, 0.3) is 0 Å². The van der Waals surface area contributed by atoms with Crippen LogP contribution in [-0.2, 0) is 12.6 Å². The van der Waals surface area contributed by atoms with Gasteiger partial charge >= 0.3 is 17.6 Å². The Morgan fingerprint density at radius 2 is 1.76 bits per heavy atom. The number of alkyl halides is 3. The number of nitrogens with zero attached hydrogens (tertiary/aromatic N) is 2. The van der Waals surface area contributed by atoms with Crippen molar-refractivity contribution in [3.63, 3.8) is 0 Å². The van der Waals surface area contributed by atoms with E-state index < -0.39 is 49.9 Å². The molecule has 0 unspecified atom stereocenters. The Morgan fingerprint density at radius 3 is 2.16 bits per heavy atom. The summed E-state index contributed by atoms with van der Waals surface area (Å²) in [5.74, 6) is -0.111. The first kappa shape index (κ1) is 18.7. The van der Waals surface area contributed by atoms with E-state index in [1.165, 1.54) is 0 Å². The molecule has 138 valence electrons. The molecule has 3 N–H and O–H groups in total. The molecule has 0 atom stereocenters. The molecular formula is C14H17F3N4O4. The molecule has 8 nitrogen and oxygen atoms in total. The van der Waals surface area contributed by atoms with E-state index in [1.54, 1.807) is 6.92 Å². The zero-order valence-corrected chi connectivity index (χ0v) is 13.4. The van der Waals surface area contributed by atoms with Crippen LogP contribution in [-0.4, -0.2) is 16.4 Å². The van der Waals surface area contributed by atoms with E-state index >= 15 is 0 Å². The number of hydrogen-bond donors (Lipinski definition) is 2. The quantitative estimate of drug-likeness (QED) is 0.431. The van der Waals surface area contributed by atoms with E-state index in [2.05, 4.69) is 5.32 Å². The van der Waals surface area contributed by atoms with Gasteiger partial charge in [0.15, 0.2) is 5.69 Å². The number of halogens is 3. The fraction of sp³-hybridized carbons (Fsp3) is 0.571. The summed E-state index contributed by atoms with van der Waals surface area (Å²) in [7, 11) is 0. The SMILES string of the molecule is CCCNc1c([N+](=O)[O-])c(N)c(C(F)(F)F)c(CC2CC2)c1[N+](=O)[O-]. The van der Waals surface area contributed by atoms with Crippen molar-refractivity contribution in [3.8, 4) is 0 Å². The van der Waals surface area contributed by atoms with E-state index in [1.807, 2.05) is 0 Å². The molecular weight excluding hydrogens is 345 g/mol. The van der Waals surface area contributed by atoms with Gasteiger partial charge in [0.2, 0.25) is 0 Å². The summed E-state index contributed by atoms with van der Waals surface area (Å²) in [6, 6.07) is 0. The van der Waals surface area contributed by atoms with E-state index in [9.17, 15) is 33.4 Å². The van der Waals surface area contributed by atoms with Gasteiger partial charge in [-0.1, -0.05) is 6.92 Å². The lowest BCUT2D eigenvalue weighted by atomic mass is 9.94. The van der Waals surface area contributed by atoms with Gasteiger partial charge < -0.3 is 11.1 Å². The molecule has 0 bridgehead atoms. The lowest BCUT2D eigenvalue weighted by Crippen LogP contribution is -2.19. The predicted octanol–water partition coefficient (Wildman–Crippen LogP) is 3.88. The summed E-state index contributed by atoms with van der Waals surface area (Å²) in [4.78, 5) is 20.7. The highest BCUT2D eigenvalue weighted by atomic mass is 19.4. The standard InChI is InChI=1S/C14H17F3N4O4/c1-2-5-19-11-12(20(22)23)8(6-7-3-4-7)9(14(15,16)17)10(18)13(11)21(24)25/h7,19H,2-6,18H2,1H3. The van der Waals surface area contributed by atoms with Gasteiger partial charge in [0, 0.05) is 12.1 Å². The third-order valence-corrected chi connectivity index (χ3v) is 3.98. The molecule has 11 heteroatoms. The van der Waals surface area contributed by atoms with Crippen molar-refractivity contribution in [1.29, 1.82) is 0 Å². The highest BCUT2D eigenvalue weighted by Gasteiger charge is 2.46. The number of benzene rings is 1. The number of nitrogen functional groups attached to an aromatic ring is 1. The number of nitrogens with two attached hydrogens (primary N) is 1. The normalized spacial score (nSPS) is 14.4. The summed E-state index contributed by atoms with van der Waals surface area (Å²) in [5, 5.41) is 25.3. The van der Waals surface area contributed by atoms with Crippen LogP contribution in [0.5, 0.6) is 0 Å². The number of rotatable bonds is 7. The van der Waals surface area contributed by atoms with Crippen LogP contribution >= 0.6 is 0 Å². The van der Waals surface area contributed by atoms with Crippen molar-refractivity contribution in [2.45, 2.75) is 38.8 Å². The van der Waals surface area contributed by atoms with Crippen LogP contribution in [0.15, 0.2) is 0 Å². The number of nitrogens with one attached hydrogen (secondary N) is 1. The minimum atomic E-state index is -5.03. The fourth-order valence-corrected chi connectivity index (χ4v) is 2.74. The van der Waals surface area contributed by atoms with Crippen LogP contribution in [0.4, 0.5) is 35.9 Å². The Bertz CT molecular complexity index is 717. The Balaban J connectivity index is 2.87. The second-order valence-electron chi connectivity index (χ2n) is 5.93. The molecule has 0 saturated heterocycles. The Hall–Kier alpha value is -2.59. The minimum Gasteiger partial charge on any atom is -0.393 e. The molecule has 0 radical (unpaired) electrons. The van der Waals surface area contributed by atoms with Crippen LogP contribution in [0.3, 0.4) is 0 Å². The molecule has 1 saturated carbocycles. The third-order valence-electron chi connectivity index (χ3n) is 3.98. The second kappa shape index (κ2) is 6.73. The highest BCUT2D eigenvalue weighted by molar-refractivity contribution is 5.88. The largest absolute Gasteiger partial charge is 0.419 e. The van der Waals surface area contributed by atoms with Gasteiger partial charge in [-0.25, -0.2) is 0 Å². The summed E-state index contributed by atoms with van der Waals surface area (Å²) < 4.78 is 40.5. The molecule has 0 aliphatic heterocycles. The van der Waals surface area contributed by atoms with Crippen LogP contribution in [0, 0.1) is 26.1 Å². The Kier molecular flexibility index (Phi) is 5.04. The molecule has 1 aliphatic carbocycles. The average molecular weight is 362 g/mol. The molecule has 0 heterocycles. The summed E-state index contributed by atoms with van der Waals surface area (Å²) in [6.45, 7) is 1.83. The van der Waals surface area contributed by atoms with Crippen LogP contribution < -0.4 is 11.1 Å². The summed E-state index contributed by atoms with van der Waals surface area (Å²) in [5.41, 5.74) is -0.226. The maximum atomic E-state index is 13.5. The van der Waals surface area contributed by atoms with E-state index in [0.29, 0.717) is 19.3 Å². The minimum absolute atomic E-state index is 0.111. The van der Waals surface area contributed by atoms with Gasteiger partial charge in [0.1, 0.15) is 5.69 Å². The molecule has 0 spiro atoms. The maximum absolute atomic E-state index is 13.5. The lowest BCUT2D eigenvalue weighted by molar-refractivity contribution is -0.392. The van der Waals surface area contributed by atoms with Gasteiger partial charge in [0.05, 0.1) is 15.4 Å². The van der Waals surface area contributed by atoms with E-state index in [4.69, 9.17) is 5.73 Å². The lowest BCUT2D eigenvalue weighted by Gasteiger charge is -2.19. The van der Waals surface area contributed by atoms with Gasteiger partial charge in [-0.15, -0.1) is 0 Å². The average Bonchev–Trinajstić information content (AvgIpc) is 3.26. The van der Waals surface area contributed by atoms with Gasteiger partial charge in [0.25, 0.3) is 0 Å². The Morgan fingerprint density at radius 1 is 1.20 bits per heavy atom. The third kappa shape index (κ3) is 3.74. The molecule has 2 rings (SSSR count). The zero-order valence-electron chi connectivity index (χ0n) is 13.4. The van der Waals surface area contributed by atoms with Crippen molar-refractivity contribution in [1.82, 2.24) is 0 Å². The molecule has 1 aromatic carbocycles. The molecule has 1 aliphatic rings. The molecule has 0 aromatic heterocycles. The molecule has 1 fully saturated rings. The van der Waals surface area contributed by atoms with Gasteiger partial charge in [-0.2, -0.15) is 13.2 Å². The smallest absolute Gasteiger partial charge is 0.393 e. The van der Waals surface area contributed by atoms with E-state index in [0.717, 1.165) is 0 Å². The fourth-order valence-electron chi connectivity index (χ4n) is 2.74. The monoisotopic (exact) mass is 362 g/mol. The van der Waals surface area contributed by atoms with Crippen molar-refractivity contribution in [3.05, 3.63) is 31.4 Å². The van der Waals surface area contributed by atoms with Gasteiger partial charge in [-0.3, -0.25) is 20.2 Å². The maximum Gasteiger partial charge on any atom is 0.419 e. The number of nitro groups is 2. The number of hydrogen-bond acceptors (Lipinski definition) is 6. The van der Waals surface area contributed by atoms with Gasteiger partial charge in [-0.05, 0) is 31.6 Å². The molecule has 0 amide bonds. The topological polar surface area (TPSA) is 124 Å². The van der Waals surface area contributed by atoms with E-state index in [-0.39, 0.29) is 18.9 Å². The first-order chi connectivity index (χ1) is 11.6. The summed E-state index contributed by atoms with van der Waals surface area (Å²) >= 11 is 0. The highest BCUT2D eigenvalue weighted by Crippen LogP contribution is 2.51. The predicted molar refractivity (Wildman–Crippen MR) is 84.4 cm³/mol. The molecule has 25 heavy (non-hydrogen) atoms. The van der Waals surface area contributed by atoms with Crippen molar-refractivity contribution in [2.75, 3.05) is 17.6 Å². The molecule has 1 aromatic rings. The van der Waals surface area contributed by atoms with Crippen molar-refractivity contribution >= 4 is 22.7 Å².